The molecule has 0 spiro atoms. The van der Waals surface area contributed by atoms with Crippen LogP contribution in [-0.2, 0) is 17.6 Å². The average molecular weight is 248 g/mol. The maximum Gasteiger partial charge on any atom is 0.238 e. The van der Waals surface area contributed by atoms with E-state index in [1.165, 1.54) is 17.5 Å². The summed E-state index contributed by atoms with van der Waals surface area (Å²) in [4.78, 5) is 13.3. The molecule has 1 aromatic rings. The van der Waals surface area contributed by atoms with Crippen molar-refractivity contribution in [3.05, 3.63) is 35.4 Å². The lowest BCUT2D eigenvalue weighted by molar-refractivity contribution is -0.130. The van der Waals surface area contributed by atoms with Crippen molar-refractivity contribution in [1.82, 2.24) is 4.90 Å². The quantitative estimate of drug-likeness (QED) is 0.837. The number of amides is 1. The summed E-state index contributed by atoms with van der Waals surface area (Å²) in [7, 11) is 1.80. The topological polar surface area (TPSA) is 46.3 Å². The number of nitrogens with zero attached hydrogens (tertiary/aromatic N) is 1. The van der Waals surface area contributed by atoms with Gasteiger partial charge in [-0.25, -0.2) is 0 Å². The van der Waals surface area contributed by atoms with E-state index in [-0.39, 0.29) is 5.91 Å². The molecule has 0 bridgehead atoms. The normalized spacial score (nSPS) is 12.2. The Labute approximate surface area is 110 Å². The number of carbonyl (C=O) groups is 1. The minimum atomic E-state index is -0.415. The zero-order chi connectivity index (χ0) is 13.5. The van der Waals surface area contributed by atoms with E-state index in [0.29, 0.717) is 6.54 Å². The van der Waals surface area contributed by atoms with Crippen molar-refractivity contribution in [2.45, 2.75) is 39.2 Å². The first kappa shape index (κ1) is 14.7. The number of nitrogens with two attached hydrogens (primary N) is 1. The lowest BCUT2D eigenvalue weighted by Crippen LogP contribution is -2.40. The summed E-state index contributed by atoms with van der Waals surface area (Å²) in [6, 6.07) is 8.23. The van der Waals surface area contributed by atoms with Gasteiger partial charge in [-0.3, -0.25) is 4.79 Å². The molecule has 0 saturated heterocycles. The Balaban J connectivity index is 2.46. The lowest BCUT2D eigenvalue weighted by atomic mass is 10.1. The summed E-state index contributed by atoms with van der Waals surface area (Å²) in [5, 5.41) is 0. The van der Waals surface area contributed by atoms with Crippen molar-refractivity contribution in [3.8, 4) is 0 Å². The Morgan fingerprint density at radius 2 is 1.72 bits per heavy atom. The molecule has 1 unspecified atom stereocenters. The minimum absolute atomic E-state index is 0.00222. The molecule has 3 heteroatoms. The standard InChI is InChI=1S/C15H24N2O/c1-4-5-13-6-8-14(9-7-13)10-11-17(3)15(18)12(2)16/h6-9,12H,4-5,10-11,16H2,1-3H3. The molecule has 0 aliphatic carbocycles. The van der Waals surface area contributed by atoms with Gasteiger partial charge >= 0.3 is 0 Å². The Morgan fingerprint density at radius 3 is 2.17 bits per heavy atom. The van der Waals surface area contributed by atoms with Gasteiger partial charge < -0.3 is 10.6 Å². The van der Waals surface area contributed by atoms with Gasteiger partial charge in [-0.15, -0.1) is 0 Å². The second-order valence-electron chi connectivity index (χ2n) is 4.86. The van der Waals surface area contributed by atoms with Crippen LogP contribution in [0, 0.1) is 0 Å². The molecule has 0 saturated carbocycles. The van der Waals surface area contributed by atoms with Gasteiger partial charge in [-0.2, -0.15) is 0 Å². The third-order valence-corrected chi connectivity index (χ3v) is 3.06. The fraction of sp³-hybridized carbons (Fsp3) is 0.533. The van der Waals surface area contributed by atoms with Crippen molar-refractivity contribution in [3.63, 3.8) is 0 Å². The second kappa shape index (κ2) is 7.17. The lowest BCUT2D eigenvalue weighted by Gasteiger charge is -2.19. The molecule has 0 fully saturated rings. The molecule has 1 rings (SSSR count). The molecular formula is C15H24N2O. The molecule has 0 radical (unpaired) electrons. The summed E-state index contributed by atoms with van der Waals surface area (Å²) < 4.78 is 0. The van der Waals surface area contributed by atoms with Crippen LogP contribution >= 0.6 is 0 Å². The molecule has 0 aromatic heterocycles. The van der Waals surface area contributed by atoms with Crippen molar-refractivity contribution in [1.29, 1.82) is 0 Å². The summed E-state index contributed by atoms with van der Waals surface area (Å²) in [6.07, 6.45) is 3.18. The monoisotopic (exact) mass is 248 g/mol. The van der Waals surface area contributed by atoms with E-state index in [1.54, 1.807) is 18.9 Å². The first-order chi connectivity index (χ1) is 8.54. The summed E-state index contributed by atoms with van der Waals surface area (Å²) >= 11 is 0. The van der Waals surface area contributed by atoms with Crippen molar-refractivity contribution in [2.24, 2.45) is 5.73 Å². The SMILES string of the molecule is CCCc1ccc(CCN(C)C(=O)C(C)N)cc1. The van der Waals surface area contributed by atoms with Crippen LogP contribution in [0.4, 0.5) is 0 Å². The Hall–Kier alpha value is -1.35. The Bertz CT molecular complexity index is 371. The molecule has 1 amide bonds. The number of benzene rings is 1. The van der Waals surface area contributed by atoms with Crippen molar-refractivity contribution >= 4 is 5.91 Å². The van der Waals surface area contributed by atoms with Gasteiger partial charge in [0.2, 0.25) is 5.91 Å². The predicted octanol–water partition coefficient (Wildman–Crippen LogP) is 1.99. The third-order valence-electron chi connectivity index (χ3n) is 3.06. The molecule has 0 aliphatic heterocycles. The van der Waals surface area contributed by atoms with Gasteiger partial charge in [-0.05, 0) is 30.9 Å². The number of hydrogen-bond donors (Lipinski definition) is 1. The van der Waals surface area contributed by atoms with Gasteiger partial charge in [0.1, 0.15) is 0 Å². The van der Waals surface area contributed by atoms with E-state index < -0.39 is 6.04 Å². The molecule has 3 nitrogen and oxygen atoms in total. The molecule has 0 aliphatic rings. The van der Waals surface area contributed by atoms with Gasteiger partial charge in [0, 0.05) is 13.6 Å². The van der Waals surface area contributed by atoms with E-state index in [4.69, 9.17) is 5.73 Å². The number of carbonyl (C=O) groups excluding carboxylic acids is 1. The number of aryl methyl sites for hydroxylation is 1. The highest BCUT2D eigenvalue weighted by molar-refractivity contribution is 5.80. The average Bonchev–Trinajstić information content (AvgIpc) is 2.37. The van der Waals surface area contributed by atoms with E-state index in [2.05, 4.69) is 31.2 Å². The number of likely N-dealkylation sites (N-methyl/N-ethyl adjacent to an activating group) is 1. The fourth-order valence-corrected chi connectivity index (χ4v) is 1.92. The van der Waals surface area contributed by atoms with Crippen LogP contribution in [0.25, 0.3) is 0 Å². The largest absolute Gasteiger partial charge is 0.344 e. The molecule has 0 heterocycles. The Morgan fingerprint density at radius 1 is 1.22 bits per heavy atom. The van der Waals surface area contributed by atoms with Crippen LogP contribution in [0.1, 0.15) is 31.4 Å². The first-order valence-electron chi connectivity index (χ1n) is 6.63. The smallest absolute Gasteiger partial charge is 0.238 e. The molecule has 100 valence electrons. The third kappa shape index (κ3) is 4.49. The van der Waals surface area contributed by atoms with E-state index in [0.717, 1.165) is 12.8 Å². The molecular weight excluding hydrogens is 224 g/mol. The van der Waals surface area contributed by atoms with Gasteiger partial charge in [-0.1, -0.05) is 37.6 Å². The highest BCUT2D eigenvalue weighted by Crippen LogP contribution is 2.07. The van der Waals surface area contributed by atoms with Gasteiger partial charge in [0.15, 0.2) is 0 Å². The summed E-state index contributed by atoms with van der Waals surface area (Å²) in [5.41, 5.74) is 8.21. The first-order valence-corrected chi connectivity index (χ1v) is 6.63. The predicted molar refractivity (Wildman–Crippen MR) is 75.4 cm³/mol. The maximum absolute atomic E-state index is 11.6. The van der Waals surface area contributed by atoms with E-state index in [1.807, 2.05) is 0 Å². The van der Waals surface area contributed by atoms with E-state index >= 15 is 0 Å². The highest BCUT2D eigenvalue weighted by atomic mass is 16.2. The van der Waals surface area contributed by atoms with Crippen LogP contribution in [0.2, 0.25) is 0 Å². The zero-order valence-corrected chi connectivity index (χ0v) is 11.6. The molecule has 18 heavy (non-hydrogen) atoms. The maximum atomic E-state index is 11.6. The summed E-state index contributed by atoms with van der Waals surface area (Å²) in [6.45, 7) is 4.62. The van der Waals surface area contributed by atoms with Crippen LogP contribution < -0.4 is 5.73 Å². The van der Waals surface area contributed by atoms with Gasteiger partial charge in [0.25, 0.3) is 0 Å². The number of rotatable bonds is 6. The Kier molecular flexibility index (Phi) is 5.86. The fourth-order valence-electron chi connectivity index (χ4n) is 1.92. The van der Waals surface area contributed by atoms with Crippen LogP contribution in [0.5, 0.6) is 0 Å². The van der Waals surface area contributed by atoms with Crippen molar-refractivity contribution in [2.75, 3.05) is 13.6 Å². The second-order valence-corrected chi connectivity index (χ2v) is 4.86. The number of hydrogen-bond acceptors (Lipinski definition) is 2. The zero-order valence-electron chi connectivity index (χ0n) is 11.6. The minimum Gasteiger partial charge on any atom is -0.344 e. The highest BCUT2D eigenvalue weighted by Gasteiger charge is 2.12. The van der Waals surface area contributed by atoms with Crippen LogP contribution in [0.15, 0.2) is 24.3 Å². The van der Waals surface area contributed by atoms with Crippen LogP contribution in [-0.4, -0.2) is 30.4 Å². The molecule has 2 N–H and O–H groups in total. The van der Waals surface area contributed by atoms with E-state index in [9.17, 15) is 4.79 Å². The molecule has 1 aromatic carbocycles. The van der Waals surface area contributed by atoms with Crippen LogP contribution in [0.3, 0.4) is 0 Å². The van der Waals surface area contributed by atoms with Gasteiger partial charge in [0.05, 0.1) is 6.04 Å². The molecule has 1 atom stereocenters. The van der Waals surface area contributed by atoms with Crippen molar-refractivity contribution < 1.29 is 4.79 Å². The summed E-state index contributed by atoms with van der Waals surface area (Å²) in [5.74, 6) is -0.00222.